The van der Waals surface area contributed by atoms with Crippen LogP contribution in [0.5, 0.6) is 5.75 Å². The van der Waals surface area contributed by atoms with Gasteiger partial charge in [-0.2, -0.15) is 4.39 Å². The lowest BCUT2D eigenvalue weighted by Crippen LogP contribution is -2.38. The van der Waals surface area contributed by atoms with E-state index in [0.29, 0.717) is 16.7 Å². The molecule has 0 aliphatic heterocycles. The number of amides is 2. The number of halogens is 2. The molecule has 2 aromatic rings. The van der Waals surface area contributed by atoms with Gasteiger partial charge in [-0.15, -0.1) is 0 Å². The average Bonchev–Trinajstić information content (AvgIpc) is 2.64. The van der Waals surface area contributed by atoms with Crippen LogP contribution in [0.15, 0.2) is 36.4 Å². The normalized spacial score (nSPS) is 11.7. The van der Waals surface area contributed by atoms with Crippen LogP contribution in [-0.2, 0) is 4.79 Å². The third-order valence-corrected chi connectivity index (χ3v) is 4.22. The van der Waals surface area contributed by atoms with Crippen LogP contribution in [-0.4, -0.2) is 42.0 Å². The fraction of sp³-hybridized carbons (Fsp3) is 0.263. The molecule has 0 fully saturated rings. The second kappa shape index (κ2) is 7.95. The second-order valence-corrected chi connectivity index (χ2v) is 6.01. The van der Waals surface area contributed by atoms with Gasteiger partial charge >= 0.3 is 0 Å². The summed E-state index contributed by atoms with van der Waals surface area (Å²) in [4.78, 5) is 25.4. The van der Waals surface area contributed by atoms with Gasteiger partial charge in [-0.3, -0.25) is 9.59 Å². The summed E-state index contributed by atoms with van der Waals surface area (Å²) >= 11 is 0. The van der Waals surface area contributed by atoms with Crippen LogP contribution in [0.2, 0.25) is 0 Å². The van der Waals surface area contributed by atoms with Crippen LogP contribution >= 0.6 is 0 Å². The van der Waals surface area contributed by atoms with Crippen molar-refractivity contribution in [1.29, 1.82) is 0 Å². The summed E-state index contributed by atoms with van der Waals surface area (Å²) < 4.78 is 26.6. The number of rotatable bonds is 5. The Bertz CT molecular complexity index is 799. The van der Waals surface area contributed by atoms with E-state index < -0.39 is 17.4 Å². The highest BCUT2D eigenvalue weighted by atomic mass is 19.2. The highest BCUT2D eigenvalue weighted by Crippen LogP contribution is 2.28. The van der Waals surface area contributed by atoms with E-state index in [4.69, 9.17) is 0 Å². The van der Waals surface area contributed by atoms with E-state index in [-0.39, 0.29) is 24.3 Å². The summed E-state index contributed by atoms with van der Waals surface area (Å²) in [5.74, 6) is -3.65. The number of benzene rings is 2. The zero-order valence-electron chi connectivity index (χ0n) is 14.7. The maximum absolute atomic E-state index is 13.4. The molecule has 0 aliphatic rings. The van der Waals surface area contributed by atoms with Crippen LogP contribution in [0.25, 0.3) is 11.1 Å². The minimum atomic E-state index is -1.30. The van der Waals surface area contributed by atoms with Gasteiger partial charge in [0.1, 0.15) is 0 Å². The van der Waals surface area contributed by atoms with Crippen molar-refractivity contribution in [3.63, 3.8) is 0 Å². The van der Waals surface area contributed by atoms with Crippen LogP contribution in [0.3, 0.4) is 0 Å². The fourth-order valence-electron chi connectivity index (χ4n) is 2.46. The van der Waals surface area contributed by atoms with Gasteiger partial charge in [-0.25, -0.2) is 4.39 Å². The number of nitrogens with zero attached hydrogens (tertiary/aromatic N) is 1. The van der Waals surface area contributed by atoms with Gasteiger partial charge in [0.15, 0.2) is 17.4 Å². The monoisotopic (exact) mass is 362 g/mol. The van der Waals surface area contributed by atoms with Crippen LogP contribution in [0, 0.1) is 11.6 Å². The molecule has 5 nitrogen and oxygen atoms in total. The van der Waals surface area contributed by atoms with Crippen molar-refractivity contribution in [1.82, 2.24) is 10.2 Å². The molecule has 0 aromatic heterocycles. The molecule has 2 rings (SSSR count). The Morgan fingerprint density at radius 2 is 1.77 bits per heavy atom. The van der Waals surface area contributed by atoms with E-state index in [1.165, 1.54) is 11.9 Å². The van der Waals surface area contributed by atoms with Crippen LogP contribution in [0.4, 0.5) is 8.78 Å². The molecular formula is C19H20F2N2O3. The first-order valence-corrected chi connectivity index (χ1v) is 8.00. The molecule has 0 unspecified atom stereocenters. The summed E-state index contributed by atoms with van der Waals surface area (Å²) in [6, 6.07) is 8.08. The minimum absolute atomic E-state index is 0.161. The van der Waals surface area contributed by atoms with Crippen molar-refractivity contribution < 1.29 is 23.5 Å². The van der Waals surface area contributed by atoms with Gasteiger partial charge in [-0.1, -0.05) is 12.1 Å². The molecule has 0 saturated heterocycles. The Morgan fingerprint density at radius 1 is 1.15 bits per heavy atom. The lowest BCUT2D eigenvalue weighted by atomic mass is 10.0. The topological polar surface area (TPSA) is 69.6 Å². The molecule has 0 radical (unpaired) electrons. The van der Waals surface area contributed by atoms with Crippen molar-refractivity contribution in [3.05, 3.63) is 53.6 Å². The van der Waals surface area contributed by atoms with Crippen molar-refractivity contribution >= 4 is 11.8 Å². The minimum Gasteiger partial charge on any atom is -0.505 e. The Hall–Kier alpha value is -2.96. The standard InChI is InChI=1S/C19H20F2N2O3/c1-11(8-17(25)22-2)23(3)19(26)13-6-4-12(5-7-13)14-9-15(20)18(21)16(24)10-14/h4-7,9-11,24H,8H2,1-3H3,(H,22,25)/t11-/m1/s1. The van der Waals surface area contributed by atoms with E-state index in [0.717, 1.165) is 12.1 Å². The highest BCUT2D eigenvalue weighted by molar-refractivity contribution is 5.95. The molecule has 2 N–H and O–H groups in total. The zero-order valence-corrected chi connectivity index (χ0v) is 14.7. The third-order valence-electron chi connectivity index (χ3n) is 4.22. The van der Waals surface area contributed by atoms with Crippen molar-refractivity contribution in [3.8, 4) is 16.9 Å². The van der Waals surface area contributed by atoms with Crippen molar-refractivity contribution in [2.24, 2.45) is 0 Å². The van der Waals surface area contributed by atoms with Gasteiger partial charge < -0.3 is 15.3 Å². The van der Waals surface area contributed by atoms with Crippen LogP contribution < -0.4 is 5.32 Å². The SMILES string of the molecule is CNC(=O)C[C@@H](C)N(C)C(=O)c1ccc(-c2cc(O)c(F)c(F)c2)cc1. The number of carbonyl (C=O) groups excluding carboxylic acids is 2. The van der Waals surface area contributed by atoms with E-state index >= 15 is 0 Å². The maximum Gasteiger partial charge on any atom is 0.253 e. The predicted molar refractivity (Wildman–Crippen MR) is 93.7 cm³/mol. The van der Waals surface area contributed by atoms with Crippen LogP contribution in [0.1, 0.15) is 23.7 Å². The Balaban J connectivity index is 2.18. The van der Waals surface area contributed by atoms with Gasteiger partial charge in [0.25, 0.3) is 5.91 Å². The summed E-state index contributed by atoms with van der Waals surface area (Å²) in [5.41, 5.74) is 1.21. The van der Waals surface area contributed by atoms with Gasteiger partial charge in [0.2, 0.25) is 5.91 Å². The molecule has 0 bridgehead atoms. The summed E-state index contributed by atoms with van der Waals surface area (Å²) in [6.45, 7) is 1.77. The molecule has 0 aliphatic carbocycles. The molecule has 1 atom stereocenters. The first-order chi connectivity index (χ1) is 12.2. The van der Waals surface area contributed by atoms with Gasteiger partial charge in [0, 0.05) is 32.1 Å². The number of phenolic OH excluding ortho intramolecular Hbond substituents is 1. The molecule has 0 saturated carbocycles. The highest BCUT2D eigenvalue weighted by Gasteiger charge is 2.20. The number of hydrogen-bond acceptors (Lipinski definition) is 3. The zero-order chi connectivity index (χ0) is 19.4. The average molecular weight is 362 g/mol. The second-order valence-electron chi connectivity index (χ2n) is 6.01. The molecule has 26 heavy (non-hydrogen) atoms. The number of phenols is 1. The van der Waals surface area contributed by atoms with E-state index in [1.807, 2.05) is 0 Å². The number of aromatic hydroxyl groups is 1. The number of nitrogens with one attached hydrogen (secondary N) is 1. The molecule has 2 amide bonds. The summed E-state index contributed by atoms with van der Waals surface area (Å²) in [5, 5.41) is 11.9. The number of hydrogen-bond donors (Lipinski definition) is 2. The smallest absolute Gasteiger partial charge is 0.253 e. The van der Waals surface area contributed by atoms with E-state index in [9.17, 15) is 23.5 Å². The molecule has 7 heteroatoms. The first-order valence-electron chi connectivity index (χ1n) is 8.00. The largest absolute Gasteiger partial charge is 0.505 e. The summed E-state index contributed by atoms with van der Waals surface area (Å²) in [7, 11) is 3.14. The Morgan fingerprint density at radius 3 is 2.31 bits per heavy atom. The first kappa shape index (κ1) is 19.4. The van der Waals surface area contributed by atoms with Crippen molar-refractivity contribution in [2.75, 3.05) is 14.1 Å². The van der Waals surface area contributed by atoms with Gasteiger partial charge in [0.05, 0.1) is 0 Å². The molecule has 0 spiro atoms. The molecular weight excluding hydrogens is 342 g/mol. The molecule has 138 valence electrons. The maximum atomic E-state index is 13.4. The third kappa shape index (κ3) is 4.17. The van der Waals surface area contributed by atoms with Gasteiger partial charge in [-0.05, 0) is 42.3 Å². The quantitative estimate of drug-likeness (QED) is 0.859. The fourth-order valence-corrected chi connectivity index (χ4v) is 2.46. The lowest BCUT2D eigenvalue weighted by Gasteiger charge is -2.24. The summed E-state index contributed by atoms with van der Waals surface area (Å²) in [6.07, 6.45) is 0.185. The molecule has 2 aromatic carbocycles. The van der Waals surface area contributed by atoms with E-state index in [1.54, 1.807) is 38.2 Å². The molecule has 0 heterocycles. The van der Waals surface area contributed by atoms with Crippen molar-refractivity contribution in [2.45, 2.75) is 19.4 Å². The number of carbonyl (C=O) groups is 2. The Kier molecular flexibility index (Phi) is 5.92. The predicted octanol–water partition coefficient (Wildman–Crippen LogP) is 2.93. The van der Waals surface area contributed by atoms with E-state index in [2.05, 4.69) is 5.32 Å². The Labute approximate surface area is 150 Å². The lowest BCUT2D eigenvalue weighted by molar-refractivity contribution is -0.121.